The van der Waals surface area contributed by atoms with Crippen LogP contribution in [0.4, 0.5) is 0 Å². The second-order valence-electron chi connectivity index (χ2n) is 6.81. The highest BCUT2D eigenvalue weighted by atomic mass is 16.5. The van der Waals surface area contributed by atoms with Gasteiger partial charge in [-0.2, -0.15) is 0 Å². The number of ketones is 1. The van der Waals surface area contributed by atoms with Crippen molar-refractivity contribution in [3.63, 3.8) is 0 Å². The van der Waals surface area contributed by atoms with Gasteiger partial charge in [0.05, 0.1) is 24.9 Å². The average molecular weight is 387 g/mol. The summed E-state index contributed by atoms with van der Waals surface area (Å²) in [7, 11) is 1.65. The van der Waals surface area contributed by atoms with Gasteiger partial charge in [-0.15, -0.1) is 0 Å². The fourth-order valence-corrected chi connectivity index (χ4v) is 2.95. The number of hydrogen-bond donors (Lipinski definition) is 0. The third kappa shape index (κ3) is 6.04. The van der Waals surface area contributed by atoms with Crippen LogP contribution in [0, 0.1) is 0 Å². The Morgan fingerprint density at radius 3 is 2.34 bits per heavy atom. The molecule has 148 valence electrons. The largest absolute Gasteiger partial charge is 0.497 e. The SMILES string of the molecule is COc1ccc(CC(C)/N=C\C(=O)c2ccccc2OCc2ccccc2)cc1. The van der Waals surface area contributed by atoms with Crippen LogP contribution in [0.15, 0.2) is 83.9 Å². The molecule has 0 saturated heterocycles. The molecule has 0 saturated carbocycles. The quantitative estimate of drug-likeness (QED) is 0.376. The fourth-order valence-electron chi connectivity index (χ4n) is 2.95. The van der Waals surface area contributed by atoms with Gasteiger partial charge in [0.1, 0.15) is 18.1 Å². The minimum Gasteiger partial charge on any atom is -0.497 e. The number of methoxy groups -OCH3 is 1. The standard InChI is InChI=1S/C25H25NO3/c1-19(16-20-12-14-22(28-2)15-13-20)26-17-24(27)23-10-6-7-11-25(23)29-18-21-8-4-3-5-9-21/h3-15,17,19H,16,18H2,1-2H3/b26-17-. The summed E-state index contributed by atoms with van der Waals surface area (Å²) in [6.45, 7) is 2.40. The van der Waals surface area contributed by atoms with Crippen LogP contribution in [0.1, 0.15) is 28.4 Å². The van der Waals surface area contributed by atoms with E-state index >= 15 is 0 Å². The van der Waals surface area contributed by atoms with E-state index in [1.54, 1.807) is 13.2 Å². The molecule has 0 radical (unpaired) electrons. The van der Waals surface area contributed by atoms with Crippen molar-refractivity contribution < 1.29 is 14.3 Å². The molecule has 0 aliphatic rings. The Kier molecular flexibility index (Phi) is 7.17. The summed E-state index contributed by atoms with van der Waals surface area (Å²) in [5.74, 6) is 1.23. The lowest BCUT2D eigenvalue weighted by Gasteiger charge is -2.10. The highest BCUT2D eigenvalue weighted by molar-refractivity contribution is 6.36. The molecule has 0 bridgehead atoms. The summed E-state index contributed by atoms with van der Waals surface area (Å²) in [6, 6.07) is 25.0. The highest BCUT2D eigenvalue weighted by Crippen LogP contribution is 2.20. The van der Waals surface area contributed by atoms with E-state index in [-0.39, 0.29) is 11.8 Å². The van der Waals surface area contributed by atoms with Crippen molar-refractivity contribution in [1.29, 1.82) is 0 Å². The van der Waals surface area contributed by atoms with E-state index in [0.717, 1.165) is 23.3 Å². The zero-order valence-corrected chi connectivity index (χ0v) is 16.7. The molecule has 0 amide bonds. The zero-order chi connectivity index (χ0) is 20.5. The third-order valence-electron chi connectivity index (χ3n) is 4.53. The zero-order valence-electron chi connectivity index (χ0n) is 16.7. The molecule has 1 unspecified atom stereocenters. The molecule has 0 aromatic heterocycles. The normalized spacial score (nSPS) is 11.9. The predicted molar refractivity (Wildman–Crippen MR) is 116 cm³/mol. The second-order valence-corrected chi connectivity index (χ2v) is 6.81. The molecule has 0 N–H and O–H groups in total. The van der Waals surface area contributed by atoms with E-state index in [1.165, 1.54) is 6.21 Å². The number of rotatable bonds is 9. The lowest BCUT2D eigenvalue weighted by Crippen LogP contribution is -2.09. The summed E-state index contributed by atoms with van der Waals surface area (Å²) in [5.41, 5.74) is 2.72. The lowest BCUT2D eigenvalue weighted by atomic mass is 10.1. The van der Waals surface area contributed by atoms with Crippen molar-refractivity contribution >= 4 is 12.0 Å². The maximum Gasteiger partial charge on any atom is 0.207 e. The molecule has 0 aliphatic carbocycles. The minimum absolute atomic E-state index is 0.00950. The van der Waals surface area contributed by atoms with Crippen LogP contribution >= 0.6 is 0 Å². The van der Waals surface area contributed by atoms with Crippen molar-refractivity contribution in [1.82, 2.24) is 0 Å². The number of ether oxygens (including phenoxy) is 2. The molecule has 0 spiro atoms. The van der Waals surface area contributed by atoms with E-state index in [1.807, 2.05) is 79.7 Å². The Hall–Kier alpha value is -3.40. The monoisotopic (exact) mass is 387 g/mol. The van der Waals surface area contributed by atoms with Crippen LogP contribution in [-0.2, 0) is 13.0 Å². The number of aliphatic imine (C=N–C) groups is 1. The van der Waals surface area contributed by atoms with Gasteiger partial charge in [-0.05, 0) is 48.7 Å². The topological polar surface area (TPSA) is 47.9 Å². The predicted octanol–water partition coefficient (Wildman–Crippen LogP) is 5.16. The number of para-hydroxylation sites is 1. The van der Waals surface area contributed by atoms with Crippen molar-refractivity contribution in [2.75, 3.05) is 7.11 Å². The Labute approximate surface area is 171 Å². The van der Waals surface area contributed by atoms with Gasteiger partial charge >= 0.3 is 0 Å². The first-order valence-corrected chi connectivity index (χ1v) is 9.62. The first-order valence-electron chi connectivity index (χ1n) is 9.62. The van der Waals surface area contributed by atoms with Crippen molar-refractivity contribution in [3.05, 3.63) is 95.6 Å². The van der Waals surface area contributed by atoms with Crippen LogP contribution in [0.2, 0.25) is 0 Å². The number of carbonyl (C=O) groups is 1. The molecule has 3 aromatic carbocycles. The maximum atomic E-state index is 12.7. The number of hydrogen-bond acceptors (Lipinski definition) is 4. The molecule has 4 heteroatoms. The summed E-state index contributed by atoms with van der Waals surface area (Å²) < 4.78 is 11.0. The first-order chi connectivity index (χ1) is 14.2. The van der Waals surface area contributed by atoms with Crippen LogP contribution in [0.25, 0.3) is 0 Å². The summed E-state index contributed by atoms with van der Waals surface area (Å²) in [4.78, 5) is 17.1. The number of carbonyl (C=O) groups excluding carboxylic acids is 1. The molecule has 0 fully saturated rings. The Balaban J connectivity index is 1.62. The third-order valence-corrected chi connectivity index (χ3v) is 4.53. The van der Waals surface area contributed by atoms with Gasteiger partial charge in [0.2, 0.25) is 5.78 Å². The van der Waals surface area contributed by atoms with Crippen molar-refractivity contribution in [3.8, 4) is 11.5 Å². The van der Waals surface area contributed by atoms with Crippen molar-refractivity contribution in [2.24, 2.45) is 4.99 Å². The van der Waals surface area contributed by atoms with Crippen LogP contribution in [0.5, 0.6) is 11.5 Å². The van der Waals surface area contributed by atoms with E-state index in [9.17, 15) is 4.79 Å². The van der Waals surface area contributed by atoms with Gasteiger partial charge in [0.25, 0.3) is 0 Å². The molecule has 0 heterocycles. The van der Waals surface area contributed by atoms with Crippen LogP contribution in [0.3, 0.4) is 0 Å². The Morgan fingerprint density at radius 2 is 1.62 bits per heavy atom. The smallest absolute Gasteiger partial charge is 0.207 e. The van der Waals surface area contributed by atoms with E-state index in [4.69, 9.17) is 9.47 Å². The van der Waals surface area contributed by atoms with Gasteiger partial charge in [-0.3, -0.25) is 9.79 Å². The van der Waals surface area contributed by atoms with Crippen molar-refractivity contribution in [2.45, 2.75) is 26.0 Å². The number of nitrogens with zero attached hydrogens (tertiary/aromatic N) is 1. The molecule has 0 aliphatic heterocycles. The molecule has 1 atom stereocenters. The molecular formula is C25H25NO3. The molecule has 29 heavy (non-hydrogen) atoms. The van der Waals surface area contributed by atoms with Gasteiger partial charge < -0.3 is 9.47 Å². The van der Waals surface area contributed by atoms with E-state index in [2.05, 4.69) is 4.99 Å². The van der Waals surface area contributed by atoms with Crippen LogP contribution in [-0.4, -0.2) is 25.1 Å². The highest BCUT2D eigenvalue weighted by Gasteiger charge is 2.11. The van der Waals surface area contributed by atoms with E-state index in [0.29, 0.717) is 17.9 Å². The number of benzene rings is 3. The van der Waals surface area contributed by atoms with Crippen LogP contribution < -0.4 is 9.47 Å². The number of Topliss-reactive ketones (excluding diaryl/α,β-unsaturated/α-hetero) is 1. The molecule has 3 aromatic rings. The Morgan fingerprint density at radius 1 is 0.931 bits per heavy atom. The molecule has 4 nitrogen and oxygen atoms in total. The fraction of sp³-hybridized carbons (Fsp3) is 0.200. The lowest BCUT2D eigenvalue weighted by molar-refractivity contribution is 0.106. The van der Waals surface area contributed by atoms with Gasteiger partial charge in [0.15, 0.2) is 0 Å². The molecule has 3 rings (SSSR count). The summed E-state index contributed by atoms with van der Waals surface area (Å²) in [6.07, 6.45) is 2.15. The average Bonchev–Trinajstić information content (AvgIpc) is 2.77. The summed E-state index contributed by atoms with van der Waals surface area (Å²) >= 11 is 0. The van der Waals surface area contributed by atoms with Gasteiger partial charge in [-0.25, -0.2) is 0 Å². The first kappa shape index (κ1) is 20.3. The summed E-state index contributed by atoms with van der Waals surface area (Å²) in [5, 5.41) is 0. The van der Waals surface area contributed by atoms with Gasteiger partial charge in [0, 0.05) is 0 Å². The van der Waals surface area contributed by atoms with E-state index < -0.39 is 0 Å². The Bertz CT molecular complexity index is 949. The molecular weight excluding hydrogens is 362 g/mol. The minimum atomic E-state index is -0.157. The maximum absolute atomic E-state index is 12.7. The van der Waals surface area contributed by atoms with Gasteiger partial charge in [-0.1, -0.05) is 54.6 Å². The second kappa shape index (κ2) is 10.2.